The molecular weight excluding hydrogens is 314 g/mol. The summed E-state index contributed by atoms with van der Waals surface area (Å²) in [4.78, 5) is 13.5. The Balaban J connectivity index is 1.51. The largest absolute Gasteiger partial charge is 0.352 e. The topological polar surface area (TPSA) is 29.1 Å². The maximum absolute atomic E-state index is 12.4. The molecule has 0 heterocycles. The van der Waals surface area contributed by atoms with Crippen LogP contribution < -0.4 is 5.32 Å². The molecule has 120 valence electrons. The van der Waals surface area contributed by atoms with Crippen molar-refractivity contribution in [1.29, 1.82) is 0 Å². The number of hydrogen-bond acceptors (Lipinski definition) is 2. The summed E-state index contributed by atoms with van der Waals surface area (Å²) in [6.07, 6.45) is 5.47. The van der Waals surface area contributed by atoms with E-state index in [1.807, 2.05) is 31.2 Å². The molecular formula is C18H24ClNOS. The Morgan fingerprint density at radius 2 is 1.95 bits per heavy atom. The molecule has 2 fully saturated rings. The zero-order chi connectivity index (χ0) is 15.7. The second-order valence-corrected chi connectivity index (χ2v) is 8.70. The number of carbonyl (C=O) groups excluding carboxylic acids is 1. The molecule has 1 aromatic rings. The van der Waals surface area contributed by atoms with Gasteiger partial charge in [0.05, 0.1) is 5.25 Å². The van der Waals surface area contributed by atoms with E-state index in [0.717, 1.165) is 21.8 Å². The van der Waals surface area contributed by atoms with E-state index in [2.05, 4.69) is 12.2 Å². The molecule has 0 unspecified atom stereocenters. The van der Waals surface area contributed by atoms with Gasteiger partial charge in [-0.25, -0.2) is 0 Å². The predicted molar refractivity (Wildman–Crippen MR) is 93.3 cm³/mol. The van der Waals surface area contributed by atoms with Gasteiger partial charge in [-0.15, -0.1) is 11.8 Å². The quantitative estimate of drug-likeness (QED) is 0.785. The van der Waals surface area contributed by atoms with Crippen LogP contribution >= 0.6 is 23.4 Å². The van der Waals surface area contributed by atoms with E-state index in [9.17, 15) is 4.79 Å². The number of amides is 1. The highest BCUT2D eigenvalue weighted by molar-refractivity contribution is 8.00. The first-order chi connectivity index (χ1) is 10.5. The van der Waals surface area contributed by atoms with Crippen molar-refractivity contribution in [2.75, 3.05) is 0 Å². The molecule has 2 aliphatic carbocycles. The smallest absolute Gasteiger partial charge is 0.233 e. The summed E-state index contributed by atoms with van der Waals surface area (Å²) in [6.45, 7) is 4.16. The second kappa shape index (κ2) is 6.84. The molecule has 4 heteroatoms. The molecule has 0 spiro atoms. The van der Waals surface area contributed by atoms with Crippen LogP contribution in [-0.2, 0) is 4.79 Å². The van der Waals surface area contributed by atoms with Crippen molar-refractivity contribution >= 4 is 29.3 Å². The van der Waals surface area contributed by atoms with E-state index >= 15 is 0 Å². The maximum Gasteiger partial charge on any atom is 0.233 e. The lowest BCUT2D eigenvalue weighted by molar-refractivity contribution is -0.121. The molecule has 3 rings (SSSR count). The van der Waals surface area contributed by atoms with Crippen molar-refractivity contribution in [2.24, 2.45) is 17.8 Å². The zero-order valence-corrected chi connectivity index (χ0v) is 14.8. The standard InChI is InChI=1S/C18H24ClNOS/c1-11(17-10-13-3-4-14(17)9-13)20-18(21)12(2)22-16-7-5-15(19)6-8-16/h5-8,11-14,17H,3-4,9-10H2,1-2H3,(H,20,21)/t11-,12+,13+,14+,17-/m1/s1. The van der Waals surface area contributed by atoms with Gasteiger partial charge < -0.3 is 5.32 Å². The fourth-order valence-corrected chi connectivity index (χ4v) is 5.13. The Kier molecular flexibility index (Phi) is 5.03. The summed E-state index contributed by atoms with van der Waals surface area (Å²) in [5.74, 6) is 2.61. The van der Waals surface area contributed by atoms with Crippen molar-refractivity contribution in [3.63, 3.8) is 0 Å². The number of halogens is 1. The Hall–Kier alpha value is -0.670. The Morgan fingerprint density at radius 3 is 2.55 bits per heavy atom. The van der Waals surface area contributed by atoms with E-state index < -0.39 is 0 Å². The first-order valence-corrected chi connectivity index (χ1v) is 9.51. The summed E-state index contributed by atoms with van der Waals surface area (Å²) in [7, 11) is 0. The van der Waals surface area contributed by atoms with Crippen LogP contribution in [0.25, 0.3) is 0 Å². The fourth-order valence-electron chi connectivity index (χ4n) is 4.13. The number of fused-ring (bicyclic) bond motifs is 2. The summed E-state index contributed by atoms with van der Waals surface area (Å²) in [6, 6.07) is 7.97. The molecule has 5 atom stereocenters. The van der Waals surface area contributed by atoms with Crippen molar-refractivity contribution in [3.05, 3.63) is 29.3 Å². The highest BCUT2D eigenvalue weighted by atomic mass is 35.5. The van der Waals surface area contributed by atoms with Crippen LogP contribution in [-0.4, -0.2) is 17.2 Å². The highest BCUT2D eigenvalue weighted by Crippen LogP contribution is 2.49. The molecule has 2 aliphatic rings. The van der Waals surface area contributed by atoms with Gasteiger partial charge in [0.2, 0.25) is 5.91 Å². The van der Waals surface area contributed by atoms with Gasteiger partial charge in [-0.3, -0.25) is 4.79 Å². The third-order valence-electron chi connectivity index (χ3n) is 5.30. The molecule has 1 N–H and O–H groups in total. The lowest BCUT2D eigenvalue weighted by Crippen LogP contribution is -2.43. The Bertz CT molecular complexity index is 532. The van der Waals surface area contributed by atoms with Crippen molar-refractivity contribution in [1.82, 2.24) is 5.32 Å². The fraction of sp³-hybridized carbons (Fsp3) is 0.611. The van der Waals surface area contributed by atoms with Crippen LogP contribution in [0.4, 0.5) is 0 Å². The predicted octanol–water partition coefficient (Wildman–Crippen LogP) is 4.76. The third-order valence-corrected chi connectivity index (χ3v) is 6.66. The molecule has 22 heavy (non-hydrogen) atoms. The van der Waals surface area contributed by atoms with Crippen LogP contribution in [0, 0.1) is 17.8 Å². The third kappa shape index (κ3) is 3.62. The molecule has 0 aromatic heterocycles. The molecule has 0 aliphatic heterocycles. The van der Waals surface area contributed by atoms with E-state index in [-0.39, 0.29) is 11.2 Å². The van der Waals surface area contributed by atoms with Crippen molar-refractivity contribution < 1.29 is 4.79 Å². The average Bonchev–Trinajstić information content (AvgIpc) is 3.12. The van der Waals surface area contributed by atoms with Gasteiger partial charge in [0.25, 0.3) is 0 Å². The minimum Gasteiger partial charge on any atom is -0.352 e. The molecule has 2 bridgehead atoms. The lowest BCUT2D eigenvalue weighted by atomic mass is 9.84. The summed E-state index contributed by atoms with van der Waals surface area (Å²) in [5.41, 5.74) is 0. The van der Waals surface area contributed by atoms with Crippen molar-refractivity contribution in [2.45, 2.75) is 55.7 Å². The summed E-state index contributed by atoms with van der Waals surface area (Å²) < 4.78 is 0. The molecule has 1 amide bonds. The van der Waals surface area contributed by atoms with Crippen LogP contribution in [0.3, 0.4) is 0 Å². The minimum absolute atomic E-state index is 0.0813. The first-order valence-electron chi connectivity index (χ1n) is 8.25. The molecule has 1 aromatic carbocycles. The van der Waals surface area contributed by atoms with Gasteiger partial charge in [0, 0.05) is 16.0 Å². The zero-order valence-electron chi connectivity index (χ0n) is 13.2. The highest BCUT2D eigenvalue weighted by Gasteiger charge is 2.42. The van der Waals surface area contributed by atoms with Crippen LogP contribution in [0.15, 0.2) is 29.2 Å². The van der Waals surface area contributed by atoms with Crippen LogP contribution in [0.5, 0.6) is 0 Å². The monoisotopic (exact) mass is 337 g/mol. The number of hydrogen-bond donors (Lipinski definition) is 1. The molecule has 0 saturated heterocycles. The van der Waals surface area contributed by atoms with E-state index in [1.165, 1.54) is 25.7 Å². The van der Waals surface area contributed by atoms with Gasteiger partial charge in [-0.05, 0) is 75.1 Å². The SMILES string of the molecule is C[C@H](Sc1ccc(Cl)cc1)C(=O)N[C@H](C)[C@H]1C[C@H]2CC[C@H]1C2. The number of rotatable bonds is 5. The Morgan fingerprint density at radius 1 is 1.23 bits per heavy atom. The number of benzene rings is 1. The average molecular weight is 338 g/mol. The van der Waals surface area contributed by atoms with Crippen LogP contribution in [0.1, 0.15) is 39.5 Å². The van der Waals surface area contributed by atoms with Gasteiger partial charge in [-0.1, -0.05) is 18.0 Å². The maximum atomic E-state index is 12.4. The van der Waals surface area contributed by atoms with E-state index in [1.54, 1.807) is 11.8 Å². The molecule has 2 saturated carbocycles. The minimum atomic E-state index is -0.0813. The van der Waals surface area contributed by atoms with Gasteiger partial charge in [0.1, 0.15) is 0 Å². The second-order valence-electron chi connectivity index (χ2n) is 6.85. The Labute approximate surface area is 142 Å². The first kappa shape index (κ1) is 16.2. The normalized spacial score (nSPS) is 29.3. The van der Waals surface area contributed by atoms with E-state index in [4.69, 9.17) is 11.6 Å². The molecule has 2 nitrogen and oxygen atoms in total. The number of nitrogens with one attached hydrogen (secondary N) is 1. The molecule has 0 radical (unpaired) electrons. The van der Waals surface area contributed by atoms with Crippen LogP contribution in [0.2, 0.25) is 5.02 Å². The number of carbonyl (C=O) groups is 1. The summed E-state index contributed by atoms with van der Waals surface area (Å²) in [5, 5.41) is 3.90. The van der Waals surface area contributed by atoms with Gasteiger partial charge >= 0.3 is 0 Å². The van der Waals surface area contributed by atoms with Gasteiger partial charge in [-0.2, -0.15) is 0 Å². The number of thioether (sulfide) groups is 1. The van der Waals surface area contributed by atoms with Crippen molar-refractivity contribution in [3.8, 4) is 0 Å². The lowest BCUT2D eigenvalue weighted by Gasteiger charge is -2.29. The van der Waals surface area contributed by atoms with Gasteiger partial charge in [0.15, 0.2) is 0 Å². The van der Waals surface area contributed by atoms with E-state index in [0.29, 0.717) is 12.0 Å². The summed E-state index contributed by atoms with van der Waals surface area (Å²) >= 11 is 7.48.